The topological polar surface area (TPSA) is 0 Å². The van der Waals surface area contributed by atoms with Crippen LogP contribution in [0.3, 0.4) is 0 Å². The molecule has 0 aliphatic rings. The minimum absolute atomic E-state index is 1.23. The molecule has 0 saturated carbocycles. The van der Waals surface area contributed by atoms with Crippen molar-refractivity contribution in [2.45, 2.75) is 6.92 Å². The monoisotopic (exact) mass is 207 g/mol. The van der Waals surface area contributed by atoms with Crippen LogP contribution in [0, 0.1) is 13.3 Å². The van der Waals surface area contributed by atoms with E-state index in [1.54, 1.807) is 0 Å². The summed E-state index contributed by atoms with van der Waals surface area (Å²) in [6, 6.07) is 18.8. The fourth-order valence-corrected chi connectivity index (χ4v) is 1.51. The molecule has 0 saturated heterocycles. The maximum Gasteiger partial charge on any atom is 0.0125 e. The molecule has 0 nitrogen and oxygen atoms in total. The maximum absolute atomic E-state index is 2.13. The number of aryl methyl sites for hydroxylation is 1. The summed E-state index contributed by atoms with van der Waals surface area (Å²) >= 11 is 0. The molecular weight excluding hydrogens is 192 g/mol. The Labute approximate surface area is 97.3 Å². The molecule has 16 heavy (non-hydrogen) atoms. The van der Waals surface area contributed by atoms with Crippen LogP contribution in [-0.4, -0.2) is 0 Å². The highest BCUT2D eigenvalue weighted by molar-refractivity contribution is 5.51. The van der Waals surface area contributed by atoms with Crippen LogP contribution in [0.2, 0.25) is 0 Å². The molecule has 1 radical (unpaired) electrons. The van der Waals surface area contributed by atoms with Gasteiger partial charge in [0.2, 0.25) is 0 Å². The van der Waals surface area contributed by atoms with Gasteiger partial charge in [0.1, 0.15) is 0 Å². The third-order valence-corrected chi connectivity index (χ3v) is 2.45. The third-order valence-electron chi connectivity index (χ3n) is 2.45. The first-order valence-electron chi connectivity index (χ1n) is 5.48. The van der Waals surface area contributed by atoms with Crippen LogP contribution in [0.15, 0.2) is 60.7 Å². The summed E-state index contributed by atoms with van der Waals surface area (Å²) in [6.07, 6.45) is 6.31. The SMILES string of the molecule is Cc1ccc([CH]/C=C/c2ccccc2)cc1. The average Bonchev–Trinajstić information content (AvgIpc) is 2.33. The summed E-state index contributed by atoms with van der Waals surface area (Å²) in [5.41, 5.74) is 3.76. The zero-order valence-corrected chi connectivity index (χ0v) is 9.43. The van der Waals surface area contributed by atoms with Crippen LogP contribution >= 0.6 is 0 Å². The van der Waals surface area contributed by atoms with Crippen LogP contribution in [0.4, 0.5) is 0 Å². The van der Waals surface area contributed by atoms with Crippen LogP contribution in [-0.2, 0) is 0 Å². The molecule has 2 aromatic rings. The van der Waals surface area contributed by atoms with Crippen molar-refractivity contribution >= 4 is 6.08 Å². The lowest BCUT2D eigenvalue weighted by Crippen LogP contribution is -1.78. The Kier molecular flexibility index (Phi) is 3.55. The Morgan fingerprint density at radius 1 is 0.750 bits per heavy atom. The van der Waals surface area contributed by atoms with Gasteiger partial charge in [0.05, 0.1) is 0 Å². The molecule has 0 heterocycles. The first kappa shape index (κ1) is 10.7. The van der Waals surface area contributed by atoms with E-state index in [4.69, 9.17) is 0 Å². The van der Waals surface area contributed by atoms with E-state index in [9.17, 15) is 0 Å². The Hall–Kier alpha value is -1.82. The zero-order valence-electron chi connectivity index (χ0n) is 9.43. The minimum Gasteiger partial charge on any atom is -0.0755 e. The van der Waals surface area contributed by atoms with Gasteiger partial charge in [-0.05, 0) is 18.1 Å². The van der Waals surface area contributed by atoms with Crippen molar-refractivity contribution in [1.82, 2.24) is 0 Å². The van der Waals surface area contributed by atoms with Crippen LogP contribution < -0.4 is 0 Å². The second-order valence-electron chi connectivity index (χ2n) is 3.85. The van der Waals surface area contributed by atoms with Crippen molar-refractivity contribution in [2.75, 3.05) is 0 Å². The van der Waals surface area contributed by atoms with Crippen molar-refractivity contribution < 1.29 is 0 Å². The molecule has 0 unspecified atom stereocenters. The van der Waals surface area contributed by atoms with Crippen LogP contribution in [0.5, 0.6) is 0 Å². The van der Waals surface area contributed by atoms with E-state index in [0.717, 1.165) is 0 Å². The second kappa shape index (κ2) is 5.32. The minimum atomic E-state index is 1.23. The van der Waals surface area contributed by atoms with Gasteiger partial charge >= 0.3 is 0 Å². The van der Waals surface area contributed by atoms with Gasteiger partial charge in [-0.3, -0.25) is 0 Å². The molecule has 79 valence electrons. The number of hydrogen-bond acceptors (Lipinski definition) is 0. The summed E-state index contributed by atoms with van der Waals surface area (Å²) in [6.45, 7) is 2.10. The maximum atomic E-state index is 2.13. The first-order valence-corrected chi connectivity index (χ1v) is 5.48. The lowest BCUT2D eigenvalue weighted by atomic mass is 10.1. The molecule has 2 rings (SSSR count). The van der Waals surface area contributed by atoms with E-state index >= 15 is 0 Å². The zero-order chi connectivity index (χ0) is 11.2. The Morgan fingerprint density at radius 3 is 2.12 bits per heavy atom. The van der Waals surface area contributed by atoms with Gasteiger partial charge in [-0.25, -0.2) is 0 Å². The third kappa shape index (κ3) is 3.09. The van der Waals surface area contributed by atoms with Gasteiger partial charge in [-0.2, -0.15) is 0 Å². The molecule has 0 aromatic heterocycles. The van der Waals surface area contributed by atoms with E-state index < -0.39 is 0 Å². The lowest BCUT2D eigenvalue weighted by molar-refractivity contribution is 1.42. The number of benzene rings is 2. The van der Waals surface area contributed by atoms with Crippen molar-refractivity contribution in [1.29, 1.82) is 0 Å². The highest BCUT2D eigenvalue weighted by Gasteiger charge is 1.89. The van der Waals surface area contributed by atoms with Gasteiger partial charge in [0.15, 0.2) is 0 Å². The molecule has 0 bridgehead atoms. The predicted octanol–water partition coefficient (Wildman–Crippen LogP) is 4.26. The summed E-state index contributed by atoms with van der Waals surface area (Å²) in [4.78, 5) is 0. The molecule has 0 aliphatic carbocycles. The molecular formula is C16H15. The molecule has 0 spiro atoms. The molecule has 0 aliphatic heterocycles. The lowest BCUT2D eigenvalue weighted by Gasteiger charge is -1.96. The molecule has 0 fully saturated rings. The van der Waals surface area contributed by atoms with E-state index in [1.807, 2.05) is 18.2 Å². The number of allylic oxidation sites excluding steroid dienone is 1. The number of hydrogen-bond donors (Lipinski definition) is 0. The van der Waals surface area contributed by atoms with Crippen molar-refractivity contribution in [2.24, 2.45) is 0 Å². The highest BCUT2D eigenvalue weighted by atomic mass is 13.9. The fraction of sp³-hybridized carbons (Fsp3) is 0.0625. The molecule has 0 amide bonds. The average molecular weight is 207 g/mol. The smallest absolute Gasteiger partial charge is 0.0125 e. The summed E-state index contributed by atoms with van der Waals surface area (Å²) in [7, 11) is 0. The van der Waals surface area contributed by atoms with Gasteiger partial charge in [-0.1, -0.05) is 72.3 Å². The quantitative estimate of drug-likeness (QED) is 0.705. The molecule has 0 heteroatoms. The summed E-state index contributed by atoms with van der Waals surface area (Å²) in [5, 5.41) is 0. The standard InChI is InChI=1S/C16H15/c1-14-10-12-16(13-11-14)9-5-8-15-6-3-2-4-7-15/h2-13H,1H3/b8-5+. The summed E-state index contributed by atoms with van der Waals surface area (Å²) < 4.78 is 0. The molecule has 0 N–H and O–H groups in total. The van der Waals surface area contributed by atoms with Crippen LogP contribution in [0.25, 0.3) is 6.08 Å². The van der Waals surface area contributed by atoms with Gasteiger partial charge < -0.3 is 0 Å². The fourth-order valence-electron chi connectivity index (χ4n) is 1.51. The highest BCUT2D eigenvalue weighted by Crippen LogP contribution is 2.08. The summed E-state index contributed by atoms with van der Waals surface area (Å²) in [5.74, 6) is 0. The molecule has 2 aromatic carbocycles. The molecule has 0 atom stereocenters. The van der Waals surface area contributed by atoms with Gasteiger partial charge in [-0.15, -0.1) is 0 Å². The van der Waals surface area contributed by atoms with Crippen molar-refractivity contribution in [3.63, 3.8) is 0 Å². The van der Waals surface area contributed by atoms with E-state index in [2.05, 4.69) is 61.9 Å². The van der Waals surface area contributed by atoms with E-state index in [0.29, 0.717) is 0 Å². The Bertz CT molecular complexity index is 449. The Morgan fingerprint density at radius 2 is 1.44 bits per heavy atom. The predicted molar refractivity (Wildman–Crippen MR) is 70.1 cm³/mol. The largest absolute Gasteiger partial charge is 0.0755 e. The first-order chi connectivity index (χ1) is 7.84. The van der Waals surface area contributed by atoms with E-state index in [1.165, 1.54) is 16.7 Å². The normalized spacial score (nSPS) is 10.8. The van der Waals surface area contributed by atoms with Crippen molar-refractivity contribution in [3.8, 4) is 0 Å². The second-order valence-corrected chi connectivity index (χ2v) is 3.85. The number of rotatable bonds is 3. The van der Waals surface area contributed by atoms with Gasteiger partial charge in [0, 0.05) is 6.42 Å². The van der Waals surface area contributed by atoms with Gasteiger partial charge in [0.25, 0.3) is 0 Å². The Balaban J connectivity index is 1.97. The van der Waals surface area contributed by atoms with Crippen LogP contribution in [0.1, 0.15) is 16.7 Å². The van der Waals surface area contributed by atoms with E-state index in [-0.39, 0.29) is 0 Å². The van der Waals surface area contributed by atoms with Crippen molar-refractivity contribution in [3.05, 3.63) is 83.8 Å².